The Kier molecular flexibility index (Phi) is 3.85. The molecule has 0 saturated carbocycles. The lowest BCUT2D eigenvalue weighted by molar-refractivity contribution is 0.261. The molecule has 0 aliphatic rings. The van der Waals surface area contributed by atoms with Gasteiger partial charge in [0.2, 0.25) is 0 Å². The quantitative estimate of drug-likeness (QED) is 0.868. The molecule has 1 atom stereocenters. The van der Waals surface area contributed by atoms with Gasteiger partial charge in [-0.05, 0) is 11.4 Å². The highest BCUT2D eigenvalue weighted by molar-refractivity contribution is 7.10. The van der Waals surface area contributed by atoms with Crippen molar-refractivity contribution in [3.05, 3.63) is 40.6 Å². The van der Waals surface area contributed by atoms with Gasteiger partial charge in [-0.15, -0.1) is 11.3 Å². The molecule has 0 aromatic carbocycles. The van der Waals surface area contributed by atoms with E-state index < -0.39 is 0 Å². The van der Waals surface area contributed by atoms with Crippen molar-refractivity contribution in [2.75, 3.05) is 6.61 Å². The van der Waals surface area contributed by atoms with Crippen molar-refractivity contribution in [2.24, 2.45) is 5.73 Å². The Morgan fingerprint density at radius 3 is 2.94 bits per heavy atom. The maximum atomic E-state index is 9.15. The smallest absolute Gasteiger partial charge is 0.0948 e. The molecule has 5 heteroatoms. The molecule has 2 heterocycles. The second-order valence-corrected chi connectivity index (χ2v) is 6.04. The standard InChI is InChI=1S/C13H19N3OS/c1-13(2,12-4-3-5-18-12)8-16-9-15-6-11(16)10(14)7-17/h3-6,9-10,17H,7-8,14H2,1-2H3. The molecule has 0 bridgehead atoms. The van der Waals surface area contributed by atoms with E-state index >= 15 is 0 Å². The summed E-state index contributed by atoms with van der Waals surface area (Å²) in [7, 11) is 0. The highest BCUT2D eigenvalue weighted by Gasteiger charge is 2.24. The number of thiophene rings is 1. The SMILES string of the molecule is CC(C)(Cn1cncc1C(N)CO)c1cccs1. The summed E-state index contributed by atoms with van der Waals surface area (Å²) < 4.78 is 2.03. The zero-order valence-electron chi connectivity index (χ0n) is 10.7. The number of nitrogens with two attached hydrogens (primary N) is 1. The molecule has 1 unspecified atom stereocenters. The van der Waals surface area contributed by atoms with Crippen LogP contribution in [0, 0.1) is 0 Å². The van der Waals surface area contributed by atoms with Gasteiger partial charge in [0.15, 0.2) is 0 Å². The first-order valence-corrected chi connectivity index (χ1v) is 6.83. The topological polar surface area (TPSA) is 64.1 Å². The second-order valence-electron chi connectivity index (χ2n) is 5.10. The molecule has 2 aromatic rings. The summed E-state index contributed by atoms with van der Waals surface area (Å²) in [6, 6.07) is 3.84. The molecule has 0 spiro atoms. The number of hydrogen-bond acceptors (Lipinski definition) is 4. The zero-order valence-corrected chi connectivity index (χ0v) is 11.5. The second kappa shape index (κ2) is 5.22. The predicted octanol–water partition coefficient (Wildman–Crippen LogP) is 1.91. The van der Waals surface area contributed by atoms with Crippen LogP contribution in [0.4, 0.5) is 0 Å². The maximum absolute atomic E-state index is 9.15. The van der Waals surface area contributed by atoms with Crippen LogP contribution in [0.3, 0.4) is 0 Å². The number of imidazole rings is 1. The van der Waals surface area contributed by atoms with E-state index in [1.807, 2.05) is 4.57 Å². The van der Waals surface area contributed by atoms with Gasteiger partial charge in [-0.3, -0.25) is 0 Å². The summed E-state index contributed by atoms with van der Waals surface area (Å²) in [4.78, 5) is 5.46. The lowest BCUT2D eigenvalue weighted by Crippen LogP contribution is -2.26. The van der Waals surface area contributed by atoms with Gasteiger partial charge in [0, 0.05) is 23.0 Å². The molecule has 2 aromatic heterocycles. The van der Waals surface area contributed by atoms with Crippen molar-refractivity contribution in [3.8, 4) is 0 Å². The molecule has 4 nitrogen and oxygen atoms in total. The Morgan fingerprint density at radius 1 is 1.56 bits per heavy atom. The van der Waals surface area contributed by atoms with Crippen LogP contribution in [-0.4, -0.2) is 21.3 Å². The van der Waals surface area contributed by atoms with Gasteiger partial charge < -0.3 is 15.4 Å². The molecule has 0 aliphatic heterocycles. The van der Waals surface area contributed by atoms with Crippen molar-refractivity contribution in [3.63, 3.8) is 0 Å². The molecule has 18 heavy (non-hydrogen) atoms. The van der Waals surface area contributed by atoms with E-state index in [0.29, 0.717) is 0 Å². The number of aliphatic hydroxyl groups is 1. The fraction of sp³-hybridized carbons (Fsp3) is 0.462. The third kappa shape index (κ3) is 2.63. The average Bonchev–Trinajstić information content (AvgIpc) is 2.97. The van der Waals surface area contributed by atoms with Crippen molar-refractivity contribution in [1.29, 1.82) is 0 Å². The van der Waals surface area contributed by atoms with Gasteiger partial charge in [0.05, 0.1) is 24.7 Å². The van der Waals surface area contributed by atoms with E-state index in [1.165, 1.54) is 4.88 Å². The van der Waals surface area contributed by atoms with Gasteiger partial charge >= 0.3 is 0 Å². The lowest BCUT2D eigenvalue weighted by atomic mass is 9.91. The largest absolute Gasteiger partial charge is 0.394 e. The monoisotopic (exact) mass is 265 g/mol. The summed E-state index contributed by atoms with van der Waals surface area (Å²) in [6.45, 7) is 5.14. The molecule has 0 aliphatic carbocycles. The molecule has 0 radical (unpaired) electrons. The fourth-order valence-electron chi connectivity index (χ4n) is 2.03. The summed E-state index contributed by atoms with van der Waals surface area (Å²) in [6.07, 6.45) is 3.51. The first kappa shape index (κ1) is 13.3. The van der Waals surface area contributed by atoms with Crippen LogP contribution < -0.4 is 5.73 Å². The summed E-state index contributed by atoms with van der Waals surface area (Å²) in [5.41, 5.74) is 6.77. The van der Waals surface area contributed by atoms with Crippen LogP contribution >= 0.6 is 11.3 Å². The van der Waals surface area contributed by atoms with Gasteiger partial charge in [-0.1, -0.05) is 19.9 Å². The minimum absolute atomic E-state index is 0.0266. The first-order valence-electron chi connectivity index (χ1n) is 5.95. The fourth-order valence-corrected chi connectivity index (χ4v) is 2.88. The predicted molar refractivity (Wildman–Crippen MR) is 73.6 cm³/mol. The highest BCUT2D eigenvalue weighted by atomic mass is 32.1. The van der Waals surface area contributed by atoms with Gasteiger partial charge in [-0.2, -0.15) is 0 Å². The lowest BCUT2D eigenvalue weighted by Gasteiger charge is -2.25. The van der Waals surface area contributed by atoms with E-state index in [4.69, 9.17) is 10.8 Å². The number of rotatable bonds is 5. The van der Waals surface area contributed by atoms with Gasteiger partial charge in [-0.25, -0.2) is 4.98 Å². The van der Waals surface area contributed by atoms with E-state index in [9.17, 15) is 0 Å². The number of nitrogens with zero attached hydrogens (tertiary/aromatic N) is 2. The molecule has 0 amide bonds. The number of aliphatic hydroxyl groups excluding tert-OH is 1. The highest BCUT2D eigenvalue weighted by Crippen LogP contribution is 2.30. The van der Waals surface area contributed by atoms with Crippen LogP contribution in [-0.2, 0) is 12.0 Å². The third-order valence-corrected chi connectivity index (χ3v) is 4.31. The summed E-state index contributed by atoms with van der Waals surface area (Å²) in [5.74, 6) is 0. The zero-order chi connectivity index (χ0) is 13.2. The van der Waals surface area contributed by atoms with E-state index in [0.717, 1.165) is 12.2 Å². The number of hydrogen-bond donors (Lipinski definition) is 2. The van der Waals surface area contributed by atoms with Crippen molar-refractivity contribution in [2.45, 2.75) is 31.8 Å². The normalized spacial score (nSPS) is 13.8. The number of aromatic nitrogens is 2. The van der Waals surface area contributed by atoms with Gasteiger partial charge in [0.25, 0.3) is 0 Å². The Labute approximate surface area is 111 Å². The molecular weight excluding hydrogens is 246 g/mol. The summed E-state index contributed by atoms with van der Waals surface area (Å²) in [5, 5.41) is 11.2. The average molecular weight is 265 g/mol. The van der Waals surface area contributed by atoms with Crippen LogP contribution in [0.5, 0.6) is 0 Å². The van der Waals surface area contributed by atoms with Gasteiger partial charge in [0.1, 0.15) is 0 Å². The Bertz CT molecular complexity index is 490. The molecular formula is C13H19N3OS. The molecule has 98 valence electrons. The Hall–Kier alpha value is -1.17. The first-order chi connectivity index (χ1) is 8.54. The van der Waals surface area contributed by atoms with Crippen molar-refractivity contribution < 1.29 is 5.11 Å². The van der Waals surface area contributed by atoms with Crippen LogP contribution in [0.25, 0.3) is 0 Å². The Morgan fingerprint density at radius 2 is 2.33 bits per heavy atom. The summed E-state index contributed by atoms with van der Waals surface area (Å²) >= 11 is 1.76. The third-order valence-electron chi connectivity index (χ3n) is 3.07. The minimum atomic E-state index is -0.369. The molecule has 3 N–H and O–H groups in total. The molecule has 2 rings (SSSR count). The van der Waals surface area contributed by atoms with E-state index in [-0.39, 0.29) is 18.1 Å². The molecule has 0 saturated heterocycles. The maximum Gasteiger partial charge on any atom is 0.0948 e. The van der Waals surface area contributed by atoms with Crippen LogP contribution in [0.2, 0.25) is 0 Å². The van der Waals surface area contributed by atoms with Crippen molar-refractivity contribution >= 4 is 11.3 Å². The van der Waals surface area contributed by atoms with Crippen molar-refractivity contribution in [1.82, 2.24) is 9.55 Å². The van der Waals surface area contributed by atoms with E-state index in [1.54, 1.807) is 23.9 Å². The molecule has 0 fully saturated rings. The Balaban J connectivity index is 2.22. The van der Waals surface area contributed by atoms with E-state index in [2.05, 4.69) is 36.3 Å². The van der Waals surface area contributed by atoms with Crippen LogP contribution in [0.15, 0.2) is 30.0 Å². The minimum Gasteiger partial charge on any atom is -0.394 e. The van der Waals surface area contributed by atoms with Crippen LogP contribution in [0.1, 0.15) is 30.5 Å².